The summed E-state index contributed by atoms with van der Waals surface area (Å²) >= 11 is 11.8. The van der Waals surface area contributed by atoms with Crippen LogP contribution < -0.4 is 5.73 Å². The van der Waals surface area contributed by atoms with E-state index in [4.69, 9.17) is 34.0 Å². The van der Waals surface area contributed by atoms with Crippen molar-refractivity contribution in [2.24, 2.45) is 5.73 Å². The van der Waals surface area contributed by atoms with E-state index in [-0.39, 0.29) is 12.0 Å². The number of nitrogens with two attached hydrogens (primary N) is 1. The van der Waals surface area contributed by atoms with E-state index in [2.05, 4.69) is 0 Å². The van der Waals surface area contributed by atoms with E-state index in [1.54, 1.807) is 6.07 Å². The van der Waals surface area contributed by atoms with Crippen LogP contribution in [-0.4, -0.2) is 18.3 Å². The average molecular weight is 248 g/mol. The van der Waals surface area contributed by atoms with Gasteiger partial charge in [0.05, 0.1) is 10.0 Å². The van der Waals surface area contributed by atoms with Crippen LogP contribution in [0.3, 0.4) is 0 Å². The number of benzene rings is 1. The lowest BCUT2D eigenvalue weighted by Gasteiger charge is -2.28. The molecule has 0 aliphatic rings. The minimum absolute atomic E-state index is 0.105. The second kappa shape index (κ2) is 5.17. The normalized spacial score (nSPS) is 15.0. The SMILES string of the molecule is C[C@](CN)(CCO)c1ccc(Cl)c(Cl)c1. The highest BCUT2D eigenvalue weighted by Gasteiger charge is 2.24. The number of halogens is 2. The first-order valence-electron chi connectivity index (χ1n) is 4.80. The van der Waals surface area contributed by atoms with Gasteiger partial charge in [-0.3, -0.25) is 0 Å². The molecule has 0 saturated carbocycles. The predicted molar refractivity (Wildman–Crippen MR) is 64.6 cm³/mol. The minimum atomic E-state index is -0.247. The molecular weight excluding hydrogens is 233 g/mol. The van der Waals surface area contributed by atoms with Crippen LogP contribution in [0.4, 0.5) is 0 Å². The third-order valence-corrected chi connectivity index (χ3v) is 3.47. The van der Waals surface area contributed by atoms with Crippen molar-refractivity contribution in [3.63, 3.8) is 0 Å². The third-order valence-electron chi connectivity index (χ3n) is 2.73. The fourth-order valence-corrected chi connectivity index (χ4v) is 1.78. The van der Waals surface area contributed by atoms with Crippen molar-refractivity contribution in [1.82, 2.24) is 0 Å². The summed E-state index contributed by atoms with van der Waals surface area (Å²) in [6.45, 7) is 2.57. The van der Waals surface area contributed by atoms with Gasteiger partial charge in [0.25, 0.3) is 0 Å². The molecule has 0 aromatic heterocycles. The lowest BCUT2D eigenvalue weighted by molar-refractivity contribution is 0.247. The van der Waals surface area contributed by atoms with Crippen LogP contribution in [0.15, 0.2) is 18.2 Å². The van der Waals surface area contributed by atoms with Crippen LogP contribution in [0, 0.1) is 0 Å². The highest BCUT2D eigenvalue weighted by Crippen LogP contribution is 2.31. The second-order valence-corrected chi connectivity index (χ2v) is 4.68. The zero-order valence-electron chi connectivity index (χ0n) is 8.63. The molecule has 0 aliphatic carbocycles. The molecule has 0 radical (unpaired) electrons. The molecule has 0 fully saturated rings. The molecule has 84 valence electrons. The fourth-order valence-electron chi connectivity index (χ4n) is 1.48. The van der Waals surface area contributed by atoms with Gasteiger partial charge in [-0.15, -0.1) is 0 Å². The van der Waals surface area contributed by atoms with Crippen molar-refractivity contribution in [2.75, 3.05) is 13.2 Å². The summed E-state index contributed by atoms with van der Waals surface area (Å²) in [4.78, 5) is 0. The Kier molecular flexibility index (Phi) is 4.41. The Morgan fingerprint density at radius 1 is 1.33 bits per heavy atom. The number of aliphatic hydroxyl groups is 1. The van der Waals surface area contributed by atoms with E-state index >= 15 is 0 Å². The van der Waals surface area contributed by atoms with E-state index in [0.29, 0.717) is 23.0 Å². The number of hydrogen-bond donors (Lipinski definition) is 2. The molecule has 15 heavy (non-hydrogen) atoms. The van der Waals surface area contributed by atoms with Crippen LogP contribution in [0.5, 0.6) is 0 Å². The largest absolute Gasteiger partial charge is 0.396 e. The first kappa shape index (κ1) is 12.8. The van der Waals surface area contributed by atoms with E-state index < -0.39 is 0 Å². The Bertz CT molecular complexity index is 343. The van der Waals surface area contributed by atoms with Crippen molar-refractivity contribution < 1.29 is 5.11 Å². The molecule has 0 saturated heterocycles. The minimum Gasteiger partial charge on any atom is -0.396 e. The monoisotopic (exact) mass is 247 g/mol. The first-order chi connectivity index (χ1) is 7.03. The van der Waals surface area contributed by atoms with Gasteiger partial charge in [-0.25, -0.2) is 0 Å². The summed E-state index contributed by atoms with van der Waals surface area (Å²) in [6, 6.07) is 5.47. The molecule has 0 amide bonds. The zero-order chi connectivity index (χ0) is 11.5. The van der Waals surface area contributed by atoms with Crippen LogP contribution in [0.25, 0.3) is 0 Å². The van der Waals surface area contributed by atoms with E-state index in [1.165, 1.54) is 0 Å². The van der Waals surface area contributed by atoms with Crippen molar-refractivity contribution in [3.8, 4) is 0 Å². The van der Waals surface area contributed by atoms with Gasteiger partial charge >= 0.3 is 0 Å². The van der Waals surface area contributed by atoms with Gasteiger partial charge < -0.3 is 10.8 Å². The Morgan fingerprint density at radius 3 is 2.47 bits per heavy atom. The molecule has 2 nitrogen and oxygen atoms in total. The Hall–Kier alpha value is -0.280. The Labute approximate surface area is 100.0 Å². The van der Waals surface area contributed by atoms with Gasteiger partial charge in [0.15, 0.2) is 0 Å². The van der Waals surface area contributed by atoms with Crippen LogP contribution in [0.1, 0.15) is 18.9 Å². The first-order valence-corrected chi connectivity index (χ1v) is 5.55. The van der Waals surface area contributed by atoms with Crippen LogP contribution >= 0.6 is 23.2 Å². The molecule has 1 aromatic carbocycles. The number of aliphatic hydroxyl groups excluding tert-OH is 1. The molecule has 4 heteroatoms. The van der Waals surface area contributed by atoms with E-state index in [9.17, 15) is 0 Å². The maximum atomic E-state index is 9.00. The molecule has 0 heterocycles. The molecule has 0 bridgehead atoms. The molecule has 1 aromatic rings. The smallest absolute Gasteiger partial charge is 0.0595 e. The summed E-state index contributed by atoms with van der Waals surface area (Å²) in [6.07, 6.45) is 0.613. The number of hydrogen-bond acceptors (Lipinski definition) is 2. The molecular formula is C11H15Cl2NO. The molecule has 0 spiro atoms. The average Bonchev–Trinajstić information content (AvgIpc) is 2.22. The maximum absolute atomic E-state index is 9.00. The molecule has 1 atom stereocenters. The van der Waals surface area contributed by atoms with Crippen molar-refractivity contribution in [1.29, 1.82) is 0 Å². The second-order valence-electron chi connectivity index (χ2n) is 3.87. The van der Waals surface area contributed by atoms with Gasteiger partial charge in [-0.1, -0.05) is 36.2 Å². The summed E-state index contributed by atoms with van der Waals surface area (Å²) in [7, 11) is 0. The topological polar surface area (TPSA) is 46.2 Å². The highest BCUT2D eigenvalue weighted by atomic mass is 35.5. The Morgan fingerprint density at radius 2 is 2.00 bits per heavy atom. The number of rotatable bonds is 4. The highest BCUT2D eigenvalue weighted by molar-refractivity contribution is 6.42. The summed E-state index contributed by atoms with van der Waals surface area (Å²) in [5.74, 6) is 0. The zero-order valence-corrected chi connectivity index (χ0v) is 10.1. The predicted octanol–water partition coefficient (Wildman–Crippen LogP) is 2.59. The van der Waals surface area contributed by atoms with Crippen molar-refractivity contribution >= 4 is 23.2 Å². The quantitative estimate of drug-likeness (QED) is 0.860. The summed E-state index contributed by atoms with van der Waals surface area (Å²) in [5.41, 5.74) is 6.49. The maximum Gasteiger partial charge on any atom is 0.0595 e. The molecule has 3 N–H and O–H groups in total. The fraction of sp³-hybridized carbons (Fsp3) is 0.455. The summed E-state index contributed by atoms with van der Waals surface area (Å²) in [5, 5.41) is 10.1. The van der Waals surface area contributed by atoms with Gasteiger partial charge in [0.2, 0.25) is 0 Å². The van der Waals surface area contributed by atoms with Gasteiger partial charge in [0, 0.05) is 18.6 Å². The van der Waals surface area contributed by atoms with Crippen LogP contribution in [0.2, 0.25) is 10.0 Å². The van der Waals surface area contributed by atoms with Gasteiger partial charge in [-0.2, -0.15) is 0 Å². The van der Waals surface area contributed by atoms with E-state index in [0.717, 1.165) is 5.56 Å². The Balaban J connectivity index is 3.07. The molecule has 0 aliphatic heterocycles. The third kappa shape index (κ3) is 2.85. The lowest BCUT2D eigenvalue weighted by atomic mass is 9.80. The standard InChI is InChI=1S/C11H15Cl2NO/c1-11(7-14,4-5-15)8-2-3-9(12)10(13)6-8/h2-3,6,15H,4-5,7,14H2,1H3/t11-/m1/s1. The lowest BCUT2D eigenvalue weighted by Crippen LogP contribution is -2.32. The summed E-state index contributed by atoms with van der Waals surface area (Å²) < 4.78 is 0. The molecule has 0 unspecified atom stereocenters. The van der Waals surface area contributed by atoms with Gasteiger partial charge in [0.1, 0.15) is 0 Å². The van der Waals surface area contributed by atoms with Crippen molar-refractivity contribution in [2.45, 2.75) is 18.8 Å². The van der Waals surface area contributed by atoms with Crippen molar-refractivity contribution in [3.05, 3.63) is 33.8 Å². The molecule has 1 rings (SSSR count). The van der Waals surface area contributed by atoms with Crippen LogP contribution in [-0.2, 0) is 5.41 Å². The van der Waals surface area contributed by atoms with Gasteiger partial charge in [-0.05, 0) is 24.1 Å². The van der Waals surface area contributed by atoms with E-state index in [1.807, 2.05) is 19.1 Å².